The van der Waals surface area contributed by atoms with E-state index in [9.17, 15) is 4.79 Å². The van der Waals surface area contributed by atoms with Gasteiger partial charge in [-0.1, -0.05) is 0 Å². The highest BCUT2D eigenvalue weighted by molar-refractivity contribution is 5.85. The molecule has 5 heteroatoms. The van der Waals surface area contributed by atoms with Crippen LogP contribution in [0.2, 0.25) is 0 Å². The number of halogens is 1. The summed E-state index contributed by atoms with van der Waals surface area (Å²) < 4.78 is 4.71. The van der Waals surface area contributed by atoms with Crippen LogP contribution < -0.4 is 11.5 Å². The van der Waals surface area contributed by atoms with Crippen molar-refractivity contribution in [2.24, 2.45) is 17.4 Å². The van der Waals surface area contributed by atoms with Gasteiger partial charge in [0, 0.05) is 6.04 Å². The summed E-state index contributed by atoms with van der Waals surface area (Å²) in [5.74, 6) is 0.470. The summed E-state index contributed by atoms with van der Waals surface area (Å²) in [4.78, 5) is 10.3. The van der Waals surface area contributed by atoms with Crippen LogP contribution in [0.1, 0.15) is 25.7 Å². The first kappa shape index (κ1) is 12.5. The van der Waals surface area contributed by atoms with Gasteiger partial charge in [-0.05, 0) is 31.6 Å². The minimum atomic E-state index is -0.676. The maximum atomic E-state index is 10.3. The molecule has 0 radical (unpaired) electrons. The number of ether oxygens (including phenoxy) is 1. The van der Waals surface area contributed by atoms with Gasteiger partial charge in [0.05, 0.1) is 6.61 Å². The second-order valence-corrected chi connectivity index (χ2v) is 3.41. The zero-order chi connectivity index (χ0) is 8.97. The van der Waals surface area contributed by atoms with Crippen molar-refractivity contribution >= 4 is 18.5 Å². The summed E-state index contributed by atoms with van der Waals surface area (Å²) in [5.41, 5.74) is 10.6. The predicted octanol–water partition coefficient (Wildman–Crippen LogP) is 1.02. The van der Waals surface area contributed by atoms with Crippen LogP contribution in [0.5, 0.6) is 0 Å². The molecule has 0 spiro atoms. The van der Waals surface area contributed by atoms with E-state index in [2.05, 4.69) is 0 Å². The smallest absolute Gasteiger partial charge is 0.404 e. The largest absolute Gasteiger partial charge is 0.449 e. The molecule has 4 nitrogen and oxygen atoms in total. The molecule has 0 bridgehead atoms. The van der Waals surface area contributed by atoms with E-state index >= 15 is 0 Å². The van der Waals surface area contributed by atoms with E-state index in [0.29, 0.717) is 18.6 Å². The Morgan fingerprint density at radius 2 is 1.85 bits per heavy atom. The molecule has 1 fully saturated rings. The summed E-state index contributed by atoms with van der Waals surface area (Å²) in [6, 6.07) is 0.342. The molecule has 1 aliphatic rings. The maximum Gasteiger partial charge on any atom is 0.404 e. The normalized spacial score (nSPS) is 27.5. The van der Waals surface area contributed by atoms with Gasteiger partial charge in [0.15, 0.2) is 0 Å². The van der Waals surface area contributed by atoms with E-state index in [4.69, 9.17) is 16.2 Å². The number of hydrogen-bond acceptors (Lipinski definition) is 3. The molecule has 0 atom stereocenters. The lowest BCUT2D eigenvalue weighted by Crippen LogP contribution is -2.29. The van der Waals surface area contributed by atoms with Crippen LogP contribution in [-0.4, -0.2) is 18.7 Å². The lowest BCUT2D eigenvalue weighted by Gasteiger charge is -2.25. The molecule has 0 aromatic heterocycles. The van der Waals surface area contributed by atoms with Crippen LogP contribution in [0, 0.1) is 5.92 Å². The summed E-state index contributed by atoms with van der Waals surface area (Å²) >= 11 is 0. The van der Waals surface area contributed by atoms with Crippen molar-refractivity contribution in [3.05, 3.63) is 0 Å². The SMILES string of the molecule is Cl.NC(=O)OCC1CCC(N)CC1. The average Bonchev–Trinajstić information content (AvgIpc) is 2.03. The Hall–Kier alpha value is -0.480. The van der Waals surface area contributed by atoms with Crippen molar-refractivity contribution in [3.8, 4) is 0 Å². The highest BCUT2D eigenvalue weighted by atomic mass is 35.5. The van der Waals surface area contributed by atoms with Gasteiger partial charge in [0.1, 0.15) is 0 Å². The summed E-state index contributed by atoms with van der Waals surface area (Å²) in [7, 11) is 0. The fourth-order valence-electron chi connectivity index (χ4n) is 1.55. The Morgan fingerprint density at radius 3 is 2.31 bits per heavy atom. The summed E-state index contributed by atoms with van der Waals surface area (Å²) in [6.45, 7) is 0.460. The number of carbonyl (C=O) groups is 1. The molecule has 1 amide bonds. The number of primary amides is 1. The Bertz CT molecular complexity index is 158. The zero-order valence-corrected chi connectivity index (χ0v) is 8.39. The summed E-state index contributed by atoms with van der Waals surface area (Å²) in [6.07, 6.45) is 3.49. The third-order valence-corrected chi connectivity index (χ3v) is 2.35. The van der Waals surface area contributed by atoms with Crippen molar-refractivity contribution in [2.75, 3.05) is 6.61 Å². The van der Waals surface area contributed by atoms with Crippen molar-refractivity contribution in [3.63, 3.8) is 0 Å². The second kappa shape index (κ2) is 6.05. The highest BCUT2D eigenvalue weighted by Crippen LogP contribution is 2.22. The van der Waals surface area contributed by atoms with Crippen LogP contribution in [0.15, 0.2) is 0 Å². The molecule has 1 saturated carbocycles. The van der Waals surface area contributed by atoms with Gasteiger partial charge in [0.25, 0.3) is 0 Å². The predicted molar refractivity (Wildman–Crippen MR) is 52.7 cm³/mol. The van der Waals surface area contributed by atoms with Gasteiger partial charge in [-0.3, -0.25) is 0 Å². The van der Waals surface area contributed by atoms with E-state index in [1.165, 1.54) is 0 Å². The van der Waals surface area contributed by atoms with Gasteiger partial charge in [-0.2, -0.15) is 0 Å². The Morgan fingerprint density at radius 1 is 1.31 bits per heavy atom. The monoisotopic (exact) mass is 208 g/mol. The number of rotatable bonds is 2. The van der Waals surface area contributed by atoms with Crippen LogP contribution in [-0.2, 0) is 4.74 Å². The van der Waals surface area contributed by atoms with Gasteiger partial charge in [-0.15, -0.1) is 12.4 Å². The Kier molecular flexibility index (Phi) is 5.82. The molecule has 78 valence electrons. The molecule has 1 rings (SSSR count). The third-order valence-electron chi connectivity index (χ3n) is 2.35. The van der Waals surface area contributed by atoms with Crippen LogP contribution in [0.3, 0.4) is 0 Å². The van der Waals surface area contributed by atoms with E-state index < -0.39 is 6.09 Å². The number of nitrogens with two attached hydrogens (primary N) is 2. The molecule has 0 unspecified atom stereocenters. The second-order valence-electron chi connectivity index (χ2n) is 3.41. The lowest BCUT2D eigenvalue weighted by atomic mass is 9.87. The topological polar surface area (TPSA) is 78.3 Å². The Labute approximate surface area is 84.4 Å². The number of amides is 1. The molecule has 0 aliphatic heterocycles. The van der Waals surface area contributed by atoms with Crippen LogP contribution >= 0.6 is 12.4 Å². The molecular weight excluding hydrogens is 192 g/mol. The first-order valence-electron chi connectivity index (χ1n) is 4.36. The van der Waals surface area contributed by atoms with E-state index in [1.807, 2.05) is 0 Å². The maximum absolute atomic E-state index is 10.3. The van der Waals surface area contributed by atoms with Gasteiger partial charge in [-0.25, -0.2) is 4.79 Å². The molecule has 0 heterocycles. The van der Waals surface area contributed by atoms with Crippen molar-refractivity contribution in [2.45, 2.75) is 31.7 Å². The molecular formula is C8H17ClN2O2. The van der Waals surface area contributed by atoms with Gasteiger partial charge < -0.3 is 16.2 Å². The number of carbonyl (C=O) groups excluding carboxylic acids is 1. The number of hydrogen-bond donors (Lipinski definition) is 2. The quantitative estimate of drug-likeness (QED) is 0.711. The van der Waals surface area contributed by atoms with E-state index in [0.717, 1.165) is 25.7 Å². The lowest BCUT2D eigenvalue weighted by molar-refractivity contribution is 0.122. The van der Waals surface area contributed by atoms with Crippen molar-refractivity contribution in [1.82, 2.24) is 0 Å². The molecule has 1 aliphatic carbocycles. The molecule has 4 N–H and O–H groups in total. The summed E-state index contributed by atoms with van der Waals surface area (Å²) in [5, 5.41) is 0. The molecule has 13 heavy (non-hydrogen) atoms. The van der Waals surface area contributed by atoms with E-state index in [1.54, 1.807) is 0 Å². The minimum Gasteiger partial charge on any atom is -0.449 e. The van der Waals surface area contributed by atoms with Gasteiger partial charge >= 0.3 is 6.09 Å². The standard InChI is InChI=1S/C8H16N2O2.ClH/c9-7-3-1-6(2-4-7)5-12-8(10)11;/h6-7H,1-5,9H2,(H2,10,11);1H. The van der Waals surface area contributed by atoms with E-state index in [-0.39, 0.29) is 12.4 Å². The first-order chi connectivity index (χ1) is 5.68. The molecule has 0 saturated heterocycles. The van der Waals surface area contributed by atoms with Crippen molar-refractivity contribution < 1.29 is 9.53 Å². The first-order valence-corrected chi connectivity index (χ1v) is 4.36. The molecule has 0 aromatic carbocycles. The van der Waals surface area contributed by atoms with Crippen LogP contribution in [0.4, 0.5) is 4.79 Å². The zero-order valence-electron chi connectivity index (χ0n) is 7.57. The fourth-order valence-corrected chi connectivity index (χ4v) is 1.55. The molecule has 0 aromatic rings. The van der Waals surface area contributed by atoms with Gasteiger partial charge in [0.2, 0.25) is 0 Å². The van der Waals surface area contributed by atoms with Crippen molar-refractivity contribution in [1.29, 1.82) is 0 Å². The Balaban J connectivity index is 0.00000144. The highest BCUT2D eigenvalue weighted by Gasteiger charge is 2.19. The fraction of sp³-hybridized carbons (Fsp3) is 0.875. The van der Waals surface area contributed by atoms with Crippen LogP contribution in [0.25, 0.3) is 0 Å². The average molecular weight is 209 g/mol. The minimum absolute atomic E-state index is 0. The third kappa shape index (κ3) is 4.95.